The molecule has 1 rings (SSSR count). The fourth-order valence-corrected chi connectivity index (χ4v) is 2.09. The smallest absolute Gasteiger partial charge is 0.313 e. The van der Waals surface area contributed by atoms with Gasteiger partial charge in [0, 0.05) is 23.0 Å². The van der Waals surface area contributed by atoms with Gasteiger partial charge < -0.3 is 5.32 Å². The maximum atomic E-state index is 11.9. The fourth-order valence-electron chi connectivity index (χ4n) is 1.52. The predicted octanol–water partition coefficient (Wildman–Crippen LogP) is 4.82. The summed E-state index contributed by atoms with van der Waals surface area (Å²) in [7, 11) is 0. The first-order valence-corrected chi connectivity index (χ1v) is 6.35. The van der Waals surface area contributed by atoms with E-state index in [1.165, 1.54) is 0 Å². The number of hydrogen-bond acceptors (Lipinski definition) is 1. The van der Waals surface area contributed by atoms with Crippen molar-refractivity contribution in [3.8, 4) is 0 Å². The second kappa shape index (κ2) is 7.22. The Labute approximate surface area is 114 Å². The molecule has 0 radical (unpaired) electrons. The largest absolute Gasteiger partial charge is 0.389 e. The summed E-state index contributed by atoms with van der Waals surface area (Å²) in [6.07, 6.45) is -4.14. The lowest BCUT2D eigenvalue weighted by Crippen LogP contribution is -2.15. The van der Waals surface area contributed by atoms with Crippen molar-refractivity contribution in [1.82, 2.24) is 5.32 Å². The topological polar surface area (TPSA) is 12.0 Å². The van der Waals surface area contributed by atoms with Crippen molar-refractivity contribution in [1.29, 1.82) is 0 Å². The molecule has 6 heteroatoms. The normalized spacial score (nSPS) is 11.8. The lowest BCUT2D eigenvalue weighted by molar-refractivity contribution is -0.135. The average Bonchev–Trinajstić information content (AvgIpc) is 2.20. The van der Waals surface area contributed by atoms with Crippen LogP contribution in [0.3, 0.4) is 0 Å². The van der Waals surface area contributed by atoms with E-state index in [0.29, 0.717) is 29.6 Å². The molecule has 0 saturated heterocycles. The Morgan fingerprint density at radius 2 is 1.61 bits per heavy atom. The molecule has 0 spiro atoms. The summed E-state index contributed by atoms with van der Waals surface area (Å²) in [6, 6.07) is 5.18. The average molecular weight is 300 g/mol. The zero-order chi connectivity index (χ0) is 13.6. The first-order chi connectivity index (χ1) is 8.37. The highest BCUT2D eigenvalue weighted by Gasteiger charge is 2.25. The number of rotatable bonds is 6. The molecule has 0 heterocycles. The maximum absolute atomic E-state index is 11.9. The molecule has 1 nitrogen and oxygen atoms in total. The van der Waals surface area contributed by atoms with Gasteiger partial charge in [-0.2, -0.15) is 13.2 Å². The highest BCUT2D eigenvalue weighted by atomic mass is 35.5. The van der Waals surface area contributed by atoms with Gasteiger partial charge in [-0.1, -0.05) is 23.2 Å². The molecule has 1 aromatic rings. The molecule has 18 heavy (non-hydrogen) atoms. The van der Waals surface area contributed by atoms with Gasteiger partial charge in [0.25, 0.3) is 0 Å². The van der Waals surface area contributed by atoms with Gasteiger partial charge in [-0.25, -0.2) is 0 Å². The minimum Gasteiger partial charge on any atom is -0.313 e. The Morgan fingerprint density at radius 1 is 1.00 bits per heavy atom. The predicted molar refractivity (Wildman–Crippen MR) is 68.1 cm³/mol. The second-order valence-corrected chi connectivity index (χ2v) is 4.90. The molecular formula is C12H14Cl2F3N. The molecular weight excluding hydrogens is 286 g/mol. The Kier molecular flexibility index (Phi) is 6.26. The van der Waals surface area contributed by atoms with Crippen molar-refractivity contribution in [3.05, 3.63) is 33.8 Å². The third kappa shape index (κ3) is 7.09. The van der Waals surface area contributed by atoms with Crippen LogP contribution >= 0.6 is 23.2 Å². The summed E-state index contributed by atoms with van der Waals surface area (Å²) < 4.78 is 35.6. The molecule has 1 N–H and O–H groups in total. The quantitative estimate of drug-likeness (QED) is 0.743. The van der Waals surface area contributed by atoms with Crippen LogP contribution in [-0.2, 0) is 6.54 Å². The number of nitrogens with one attached hydrogen (secondary N) is 1. The van der Waals surface area contributed by atoms with Crippen LogP contribution in [0.1, 0.15) is 24.8 Å². The van der Waals surface area contributed by atoms with Crippen LogP contribution in [0.25, 0.3) is 0 Å². The van der Waals surface area contributed by atoms with E-state index in [0.717, 1.165) is 5.56 Å². The summed E-state index contributed by atoms with van der Waals surface area (Å²) in [6.45, 7) is 1.09. The lowest BCUT2D eigenvalue weighted by atomic mass is 10.2. The fraction of sp³-hybridized carbons (Fsp3) is 0.500. The van der Waals surface area contributed by atoms with Crippen molar-refractivity contribution in [2.45, 2.75) is 32.0 Å². The maximum Gasteiger partial charge on any atom is 0.389 e. The molecule has 0 bridgehead atoms. The first-order valence-electron chi connectivity index (χ1n) is 5.59. The highest BCUT2D eigenvalue weighted by molar-refractivity contribution is 6.34. The molecule has 0 amide bonds. The van der Waals surface area contributed by atoms with Crippen molar-refractivity contribution in [3.63, 3.8) is 0 Å². The Morgan fingerprint density at radius 3 is 2.17 bits per heavy atom. The summed E-state index contributed by atoms with van der Waals surface area (Å²) in [5.74, 6) is 0. The number of unbranched alkanes of at least 4 members (excludes halogenated alkanes) is 1. The number of benzene rings is 1. The third-order valence-electron chi connectivity index (χ3n) is 2.32. The highest BCUT2D eigenvalue weighted by Crippen LogP contribution is 2.22. The van der Waals surface area contributed by atoms with E-state index >= 15 is 0 Å². The van der Waals surface area contributed by atoms with Crippen LogP contribution < -0.4 is 5.32 Å². The van der Waals surface area contributed by atoms with Crippen molar-refractivity contribution in [2.24, 2.45) is 0 Å². The second-order valence-electron chi connectivity index (χ2n) is 4.03. The van der Waals surface area contributed by atoms with Gasteiger partial charge in [-0.05, 0) is 43.1 Å². The van der Waals surface area contributed by atoms with E-state index in [9.17, 15) is 13.2 Å². The van der Waals surface area contributed by atoms with Crippen LogP contribution in [-0.4, -0.2) is 12.7 Å². The first kappa shape index (κ1) is 15.6. The summed E-state index contributed by atoms with van der Waals surface area (Å²) in [5, 5.41) is 4.16. The van der Waals surface area contributed by atoms with Crippen molar-refractivity contribution in [2.75, 3.05) is 6.54 Å². The van der Waals surface area contributed by atoms with Crippen LogP contribution in [0.2, 0.25) is 10.0 Å². The minimum absolute atomic E-state index is 0.146. The van der Waals surface area contributed by atoms with Gasteiger partial charge in [0.2, 0.25) is 0 Å². The van der Waals surface area contributed by atoms with Gasteiger partial charge in [0.1, 0.15) is 0 Å². The number of alkyl halides is 3. The van der Waals surface area contributed by atoms with E-state index in [1.807, 2.05) is 0 Å². The molecule has 0 fully saturated rings. The molecule has 0 aliphatic carbocycles. The molecule has 0 aliphatic heterocycles. The Hall–Kier alpha value is -0.450. The van der Waals surface area contributed by atoms with Gasteiger partial charge >= 0.3 is 6.18 Å². The summed E-state index contributed by atoms with van der Waals surface area (Å²) in [5.41, 5.74) is 0.920. The monoisotopic (exact) mass is 299 g/mol. The minimum atomic E-state index is -4.06. The summed E-state index contributed by atoms with van der Waals surface area (Å²) in [4.78, 5) is 0. The van der Waals surface area contributed by atoms with Crippen molar-refractivity contribution >= 4 is 23.2 Å². The molecule has 0 aliphatic rings. The standard InChI is InChI=1S/C12H14Cl2F3N/c13-10-5-9(6-11(14)7-10)8-18-4-2-1-3-12(15,16)17/h5-7,18H,1-4,8H2. The zero-order valence-electron chi connectivity index (χ0n) is 9.66. The lowest BCUT2D eigenvalue weighted by Gasteiger charge is -2.07. The molecule has 0 atom stereocenters. The van der Waals surface area contributed by atoms with Crippen LogP contribution in [0.4, 0.5) is 13.2 Å². The number of hydrogen-bond donors (Lipinski definition) is 1. The Bertz CT molecular complexity index is 360. The summed E-state index contributed by atoms with van der Waals surface area (Å²) >= 11 is 11.7. The Balaban J connectivity index is 2.18. The van der Waals surface area contributed by atoms with Gasteiger partial charge in [-0.3, -0.25) is 0 Å². The SMILES string of the molecule is FC(F)(F)CCCCNCc1cc(Cl)cc(Cl)c1. The van der Waals surface area contributed by atoms with E-state index in [2.05, 4.69) is 5.32 Å². The van der Waals surface area contributed by atoms with Gasteiger partial charge in [-0.15, -0.1) is 0 Å². The van der Waals surface area contributed by atoms with E-state index in [1.54, 1.807) is 18.2 Å². The van der Waals surface area contributed by atoms with E-state index < -0.39 is 12.6 Å². The van der Waals surface area contributed by atoms with E-state index in [-0.39, 0.29) is 6.42 Å². The van der Waals surface area contributed by atoms with Gasteiger partial charge in [0.15, 0.2) is 0 Å². The molecule has 0 aromatic heterocycles. The van der Waals surface area contributed by atoms with Gasteiger partial charge in [0.05, 0.1) is 0 Å². The van der Waals surface area contributed by atoms with Crippen LogP contribution in [0.5, 0.6) is 0 Å². The molecule has 0 unspecified atom stereocenters. The molecule has 1 aromatic carbocycles. The molecule has 0 saturated carbocycles. The third-order valence-corrected chi connectivity index (χ3v) is 2.75. The zero-order valence-corrected chi connectivity index (χ0v) is 11.2. The van der Waals surface area contributed by atoms with Crippen LogP contribution in [0, 0.1) is 0 Å². The number of halogens is 5. The van der Waals surface area contributed by atoms with E-state index in [4.69, 9.17) is 23.2 Å². The van der Waals surface area contributed by atoms with Crippen molar-refractivity contribution < 1.29 is 13.2 Å². The molecule has 102 valence electrons. The van der Waals surface area contributed by atoms with Crippen LogP contribution in [0.15, 0.2) is 18.2 Å².